The first-order valence-electron chi connectivity index (χ1n) is 13.9. The number of carboxylic acid groups (broad SMARTS) is 1. The van der Waals surface area contributed by atoms with Gasteiger partial charge in [0.25, 0.3) is 11.8 Å². The van der Waals surface area contributed by atoms with Crippen LogP contribution in [0.5, 0.6) is 0 Å². The molecule has 4 heterocycles. The standard InChI is InChI=1S/C33H26N6O6.H2O/c1-5-19-9-11-23-21(14-19)30(40)36(3)16-25-29(34-18-38(23)25)33(44)45-13-7-8-27-35-28(32(42)43)26-17-37(4)31(41)22-15-20(6-2)10-12-24(22)39(26)27;/h1-2,9-12,14-15,18H,7-8,13,16-17H2,3-4H3,(H,42,43);1H2. The van der Waals surface area contributed by atoms with Gasteiger partial charge in [-0.1, -0.05) is 11.8 Å². The van der Waals surface area contributed by atoms with Crippen molar-refractivity contribution >= 4 is 23.8 Å². The number of benzene rings is 2. The molecule has 0 unspecified atom stereocenters. The molecule has 0 saturated heterocycles. The predicted molar refractivity (Wildman–Crippen MR) is 164 cm³/mol. The molecule has 0 bridgehead atoms. The van der Waals surface area contributed by atoms with Crippen LogP contribution in [-0.4, -0.2) is 83.9 Å². The van der Waals surface area contributed by atoms with E-state index in [0.29, 0.717) is 57.3 Å². The fourth-order valence-electron chi connectivity index (χ4n) is 5.64. The number of aryl methyl sites for hydroxylation is 1. The summed E-state index contributed by atoms with van der Waals surface area (Å²) in [4.78, 5) is 63.1. The third kappa shape index (κ3) is 5.15. The number of carbonyl (C=O) groups excluding carboxylic acids is 3. The number of esters is 1. The second-order valence-corrected chi connectivity index (χ2v) is 10.7. The van der Waals surface area contributed by atoms with E-state index in [0.717, 1.165) is 0 Å². The Kier molecular flexibility index (Phi) is 8.20. The number of carboxylic acids is 1. The first-order valence-corrected chi connectivity index (χ1v) is 13.9. The van der Waals surface area contributed by atoms with E-state index in [-0.39, 0.29) is 54.8 Å². The third-order valence-corrected chi connectivity index (χ3v) is 7.84. The number of nitrogens with zero attached hydrogens (tertiary/aromatic N) is 6. The van der Waals surface area contributed by atoms with Crippen molar-refractivity contribution in [3.8, 4) is 36.1 Å². The van der Waals surface area contributed by atoms with Crippen LogP contribution in [-0.2, 0) is 24.2 Å². The second kappa shape index (κ2) is 12.1. The number of amides is 2. The highest BCUT2D eigenvalue weighted by atomic mass is 16.5. The molecule has 4 aromatic rings. The zero-order valence-corrected chi connectivity index (χ0v) is 24.9. The molecule has 232 valence electrons. The highest BCUT2D eigenvalue weighted by Gasteiger charge is 2.32. The highest BCUT2D eigenvalue weighted by molar-refractivity contribution is 6.00. The van der Waals surface area contributed by atoms with Gasteiger partial charge in [-0.3, -0.25) is 18.7 Å². The Morgan fingerprint density at radius 2 is 1.50 bits per heavy atom. The average Bonchev–Trinajstić information content (AvgIpc) is 3.57. The Hall–Kier alpha value is -6.18. The zero-order chi connectivity index (χ0) is 32.0. The summed E-state index contributed by atoms with van der Waals surface area (Å²) in [6.07, 6.45) is 13.1. The van der Waals surface area contributed by atoms with Gasteiger partial charge in [-0.25, -0.2) is 19.6 Å². The number of ether oxygens (including phenoxy) is 1. The van der Waals surface area contributed by atoms with Gasteiger partial charge in [0.2, 0.25) is 0 Å². The van der Waals surface area contributed by atoms with Crippen LogP contribution in [0.3, 0.4) is 0 Å². The number of fused-ring (bicyclic) bond motifs is 6. The quantitative estimate of drug-likeness (QED) is 0.193. The number of hydrogen-bond donors (Lipinski definition) is 1. The lowest BCUT2D eigenvalue weighted by Crippen LogP contribution is -2.26. The van der Waals surface area contributed by atoms with Gasteiger partial charge >= 0.3 is 11.9 Å². The molecule has 2 aromatic carbocycles. The number of terminal acetylenes is 2. The lowest BCUT2D eigenvalue weighted by Gasteiger charge is -2.14. The molecular formula is C33H28N6O7. The van der Waals surface area contributed by atoms with Crippen molar-refractivity contribution in [1.82, 2.24) is 28.9 Å². The van der Waals surface area contributed by atoms with E-state index in [4.69, 9.17) is 17.6 Å². The van der Waals surface area contributed by atoms with Crippen LogP contribution < -0.4 is 0 Å². The van der Waals surface area contributed by atoms with E-state index in [1.165, 1.54) is 16.1 Å². The summed E-state index contributed by atoms with van der Waals surface area (Å²) in [5.74, 6) is 3.03. The first kappa shape index (κ1) is 31.3. The van der Waals surface area contributed by atoms with Crippen LogP contribution in [0.15, 0.2) is 42.7 Å². The molecule has 0 saturated carbocycles. The van der Waals surface area contributed by atoms with Crippen molar-refractivity contribution in [3.05, 3.63) is 93.6 Å². The maximum atomic E-state index is 13.2. The fraction of sp³-hybridized carbons (Fsp3) is 0.212. The van der Waals surface area contributed by atoms with Crippen molar-refractivity contribution in [2.45, 2.75) is 25.9 Å². The van der Waals surface area contributed by atoms with E-state index >= 15 is 0 Å². The summed E-state index contributed by atoms with van der Waals surface area (Å²) in [5.41, 5.74) is 3.58. The van der Waals surface area contributed by atoms with Gasteiger partial charge in [0, 0.05) is 31.6 Å². The van der Waals surface area contributed by atoms with Crippen LogP contribution in [0.25, 0.3) is 11.4 Å². The Labute approximate surface area is 263 Å². The number of carbonyl (C=O) groups is 4. The molecule has 3 N–H and O–H groups in total. The minimum Gasteiger partial charge on any atom is -0.476 e. The molecule has 13 nitrogen and oxygen atoms in total. The van der Waals surface area contributed by atoms with Gasteiger partial charge in [-0.2, -0.15) is 0 Å². The second-order valence-electron chi connectivity index (χ2n) is 10.7. The number of rotatable bonds is 6. The molecule has 2 aliphatic rings. The number of hydrogen-bond acceptors (Lipinski definition) is 7. The van der Waals surface area contributed by atoms with Gasteiger partial charge in [-0.15, -0.1) is 12.8 Å². The van der Waals surface area contributed by atoms with Crippen molar-refractivity contribution in [1.29, 1.82) is 0 Å². The van der Waals surface area contributed by atoms with Gasteiger partial charge < -0.3 is 25.1 Å². The summed E-state index contributed by atoms with van der Waals surface area (Å²) in [7, 11) is 3.21. The van der Waals surface area contributed by atoms with Crippen LogP contribution >= 0.6 is 0 Å². The molecule has 0 fully saturated rings. The minimum atomic E-state index is -1.22. The molecule has 13 heteroatoms. The van der Waals surface area contributed by atoms with Crippen LogP contribution in [0.1, 0.15) is 76.5 Å². The first-order chi connectivity index (χ1) is 21.6. The smallest absolute Gasteiger partial charge is 0.358 e. The van der Waals surface area contributed by atoms with Gasteiger partial charge in [0.15, 0.2) is 11.4 Å². The largest absolute Gasteiger partial charge is 0.476 e. The van der Waals surface area contributed by atoms with E-state index in [1.54, 1.807) is 59.6 Å². The van der Waals surface area contributed by atoms with E-state index in [2.05, 4.69) is 21.8 Å². The third-order valence-electron chi connectivity index (χ3n) is 7.84. The maximum absolute atomic E-state index is 13.2. The predicted octanol–water partition coefficient (Wildman–Crippen LogP) is 1.85. The monoisotopic (exact) mass is 620 g/mol. The molecule has 2 aromatic heterocycles. The summed E-state index contributed by atoms with van der Waals surface area (Å²) < 4.78 is 8.93. The van der Waals surface area contributed by atoms with Crippen molar-refractivity contribution in [2.75, 3.05) is 20.7 Å². The normalized spacial score (nSPS) is 13.1. The van der Waals surface area contributed by atoms with Crippen molar-refractivity contribution < 1.29 is 34.5 Å². The number of aromatic nitrogens is 4. The Morgan fingerprint density at radius 1 is 0.913 bits per heavy atom. The number of aromatic carboxylic acids is 1. The molecule has 2 amide bonds. The minimum absolute atomic E-state index is 0. The molecule has 2 aliphatic heterocycles. The summed E-state index contributed by atoms with van der Waals surface area (Å²) in [5, 5.41) is 9.90. The molecule has 0 spiro atoms. The van der Waals surface area contributed by atoms with Gasteiger partial charge in [0.05, 0.1) is 53.6 Å². The molecule has 0 aliphatic carbocycles. The van der Waals surface area contributed by atoms with Gasteiger partial charge in [-0.05, 0) is 42.8 Å². The Morgan fingerprint density at radius 3 is 2.11 bits per heavy atom. The average molecular weight is 621 g/mol. The van der Waals surface area contributed by atoms with Gasteiger partial charge in [0.1, 0.15) is 12.2 Å². The van der Waals surface area contributed by atoms with E-state index in [9.17, 15) is 24.3 Å². The summed E-state index contributed by atoms with van der Waals surface area (Å²) in [6, 6.07) is 10.0. The fourth-order valence-corrected chi connectivity index (χ4v) is 5.64. The molecule has 0 radical (unpaired) electrons. The Balaban J connectivity index is 0.00000417. The molecule has 0 atom stereocenters. The van der Waals surface area contributed by atoms with Crippen LogP contribution in [0.4, 0.5) is 0 Å². The lowest BCUT2D eigenvalue weighted by atomic mass is 10.1. The zero-order valence-electron chi connectivity index (χ0n) is 24.9. The van der Waals surface area contributed by atoms with Crippen LogP contribution in [0, 0.1) is 24.7 Å². The molecule has 6 rings (SSSR count). The maximum Gasteiger partial charge on any atom is 0.358 e. The summed E-state index contributed by atoms with van der Waals surface area (Å²) in [6.45, 7) is 0.127. The SMILES string of the molecule is C#Cc1ccc2c(c1)C(=O)N(C)Cc1c(C(=O)OCCCc3nc(C(=O)O)c4n3-c3ccc(C#C)cc3C(=O)N(C)C4)ncn1-2.O. The van der Waals surface area contributed by atoms with Crippen LogP contribution in [0.2, 0.25) is 0 Å². The van der Waals surface area contributed by atoms with Crippen molar-refractivity contribution in [2.24, 2.45) is 0 Å². The van der Waals surface area contributed by atoms with Crippen molar-refractivity contribution in [3.63, 3.8) is 0 Å². The summed E-state index contributed by atoms with van der Waals surface area (Å²) >= 11 is 0. The highest BCUT2D eigenvalue weighted by Crippen LogP contribution is 2.30. The molecular weight excluding hydrogens is 592 g/mol. The number of imidazole rings is 2. The lowest BCUT2D eigenvalue weighted by molar-refractivity contribution is 0.0489. The van der Waals surface area contributed by atoms with E-state index in [1.807, 2.05) is 0 Å². The topological polar surface area (TPSA) is 171 Å². The Bertz CT molecular complexity index is 2030. The molecule has 46 heavy (non-hydrogen) atoms. The van der Waals surface area contributed by atoms with E-state index < -0.39 is 11.9 Å².